The molecule has 0 radical (unpaired) electrons. The van der Waals surface area contributed by atoms with Gasteiger partial charge >= 0.3 is 0 Å². The number of rotatable bonds is 4. The van der Waals surface area contributed by atoms with Crippen LogP contribution in [0.3, 0.4) is 0 Å². The summed E-state index contributed by atoms with van der Waals surface area (Å²) in [6, 6.07) is 7.16. The first kappa shape index (κ1) is 22.6. The number of hydrogen-bond acceptors (Lipinski definition) is 4. The van der Waals surface area contributed by atoms with E-state index in [1.165, 1.54) is 0 Å². The van der Waals surface area contributed by atoms with Crippen molar-refractivity contribution in [3.05, 3.63) is 34.9 Å². The van der Waals surface area contributed by atoms with Gasteiger partial charge in [-0.15, -0.1) is 0 Å². The molecule has 3 fully saturated rings. The lowest BCUT2D eigenvalue weighted by Gasteiger charge is -2.52. The van der Waals surface area contributed by atoms with Crippen molar-refractivity contribution >= 4 is 23.4 Å². The number of piperidine rings is 1. The number of amides is 2. The molecule has 0 spiro atoms. The van der Waals surface area contributed by atoms with Crippen molar-refractivity contribution in [3.63, 3.8) is 0 Å². The second-order valence-corrected chi connectivity index (χ2v) is 10.7. The zero-order valence-corrected chi connectivity index (χ0v) is 19.1. The fourth-order valence-electron chi connectivity index (χ4n) is 5.47. The highest BCUT2D eigenvalue weighted by Gasteiger charge is 2.51. The van der Waals surface area contributed by atoms with Gasteiger partial charge in [0.1, 0.15) is 0 Å². The summed E-state index contributed by atoms with van der Waals surface area (Å²) < 4.78 is 0. The molecule has 2 unspecified atom stereocenters. The van der Waals surface area contributed by atoms with Crippen molar-refractivity contribution in [1.29, 1.82) is 0 Å². The molecule has 5 atom stereocenters. The van der Waals surface area contributed by atoms with Gasteiger partial charge in [0.05, 0.1) is 17.6 Å². The Balaban J connectivity index is 1.39. The summed E-state index contributed by atoms with van der Waals surface area (Å²) in [6.45, 7) is 4.92. The van der Waals surface area contributed by atoms with Crippen LogP contribution >= 0.6 is 11.6 Å². The number of carbonyl (C=O) groups is 2. The van der Waals surface area contributed by atoms with Crippen LogP contribution in [0.1, 0.15) is 57.9 Å². The minimum atomic E-state index is -1.04. The third kappa shape index (κ3) is 4.22. The Bertz CT molecular complexity index is 842. The van der Waals surface area contributed by atoms with Gasteiger partial charge < -0.3 is 20.4 Å². The van der Waals surface area contributed by atoms with Crippen molar-refractivity contribution in [2.45, 2.75) is 70.1 Å². The number of nitrogens with zero attached hydrogens (tertiary/aromatic N) is 1. The maximum absolute atomic E-state index is 13.3. The first-order chi connectivity index (χ1) is 14.6. The van der Waals surface area contributed by atoms with Gasteiger partial charge in [-0.05, 0) is 56.2 Å². The minimum absolute atomic E-state index is 0.0323. The van der Waals surface area contributed by atoms with E-state index in [2.05, 4.69) is 5.32 Å². The molecule has 1 aromatic carbocycles. The lowest BCUT2D eigenvalue weighted by atomic mass is 9.66. The van der Waals surface area contributed by atoms with E-state index in [-0.39, 0.29) is 35.8 Å². The standard InChI is InChI=1S/C24H33ClN2O4/c1-23(2)14-27(12-11-24(23,31)16-4-6-17(25)7-5-16)22(30)19-9-10-20(19)26-21(29)15-3-8-18(28)13-15/h4-7,15,18-20,28,31H,3,8-14H2,1-2H3,(H,26,29)/t15?,18?,19-,20+,24-/m0/s1. The Kier molecular flexibility index (Phi) is 6.10. The number of carbonyl (C=O) groups excluding carboxylic acids is 2. The monoisotopic (exact) mass is 448 g/mol. The Morgan fingerprint density at radius 1 is 1.13 bits per heavy atom. The molecular formula is C24H33ClN2O4. The van der Waals surface area contributed by atoms with E-state index in [0.717, 1.165) is 18.4 Å². The van der Waals surface area contributed by atoms with Crippen molar-refractivity contribution < 1.29 is 19.8 Å². The predicted octanol–water partition coefficient (Wildman–Crippen LogP) is 2.84. The average Bonchev–Trinajstić information content (AvgIpc) is 3.14. The summed E-state index contributed by atoms with van der Waals surface area (Å²) in [5.41, 5.74) is -0.746. The molecule has 2 amide bonds. The SMILES string of the molecule is CC1(C)CN(C(=O)[C@H]2CC[C@H]2NC(=O)C2CCC(O)C2)CC[C@]1(O)c1ccc(Cl)cc1. The van der Waals surface area contributed by atoms with Gasteiger partial charge in [-0.3, -0.25) is 9.59 Å². The van der Waals surface area contributed by atoms with E-state index in [4.69, 9.17) is 11.6 Å². The summed E-state index contributed by atoms with van der Waals surface area (Å²) in [5, 5.41) is 24.9. The van der Waals surface area contributed by atoms with Crippen LogP contribution in [0.2, 0.25) is 5.02 Å². The number of aliphatic hydroxyl groups excluding tert-OH is 1. The van der Waals surface area contributed by atoms with Crippen LogP contribution in [0.5, 0.6) is 0 Å². The lowest BCUT2D eigenvalue weighted by molar-refractivity contribution is -0.160. The lowest BCUT2D eigenvalue weighted by Crippen LogP contribution is -2.60. The second kappa shape index (κ2) is 8.38. The third-order valence-electron chi connectivity index (χ3n) is 7.78. The maximum Gasteiger partial charge on any atom is 0.227 e. The number of halogens is 1. The van der Waals surface area contributed by atoms with E-state index in [9.17, 15) is 19.8 Å². The zero-order chi connectivity index (χ0) is 22.4. The van der Waals surface area contributed by atoms with Crippen LogP contribution in [0.15, 0.2) is 24.3 Å². The van der Waals surface area contributed by atoms with Crippen molar-refractivity contribution in [1.82, 2.24) is 10.2 Å². The summed E-state index contributed by atoms with van der Waals surface area (Å²) in [5.74, 6) is -0.313. The Hall–Kier alpha value is -1.63. The molecule has 1 saturated heterocycles. The first-order valence-corrected chi connectivity index (χ1v) is 11.7. The maximum atomic E-state index is 13.3. The van der Waals surface area contributed by atoms with Crippen LogP contribution < -0.4 is 5.32 Å². The van der Waals surface area contributed by atoms with E-state index in [1.807, 2.05) is 30.9 Å². The molecule has 1 heterocycles. The Labute approximate surface area is 189 Å². The zero-order valence-electron chi connectivity index (χ0n) is 18.3. The average molecular weight is 449 g/mol. The fraction of sp³-hybridized carbons (Fsp3) is 0.667. The van der Waals surface area contributed by atoms with Gasteiger partial charge in [0, 0.05) is 35.5 Å². The molecule has 2 saturated carbocycles. The Morgan fingerprint density at radius 3 is 2.39 bits per heavy atom. The largest absolute Gasteiger partial charge is 0.393 e. The normalized spacial score (nSPS) is 34.8. The van der Waals surface area contributed by atoms with Crippen LogP contribution in [0.25, 0.3) is 0 Å². The van der Waals surface area contributed by atoms with Crippen LogP contribution in [-0.2, 0) is 15.2 Å². The molecule has 3 aliphatic rings. The van der Waals surface area contributed by atoms with E-state index in [0.29, 0.717) is 43.8 Å². The molecule has 7 heteroatoms. The molecule has 0 bridgehead atoms. The van der Waals surface area contributed by atoms with Crippen molar-refractivity contribution in [2.75, 3.05) is 13.1 Å². The molecule has 6 nitrogen and oxygen atoms in total. The molecule has 170 valence electrons. The van der Waals surface area contributed by atoms with Gasteiger partial charge in [-0.2, -0.15) is 0 Å². The van der Waals surface area contributed by atoms with E-state index >= 15 is 0 Å². The number of likely N-dealkylation sites (tertiary alicyclic amines) is 1. The number of nitrogens with one attached hydrogen (secondary N) is 1. The highest BCUT2D eigenvalue weighted by Crippen LogP contribution is 2.47. The number of benzene rings is 1. The van der Waals surface area contributed by atoms with Crippen molar-refractivity contribution in [3.8, 4) is 0 Å². The Morgan fingerprint density at radius 2 is 1.84 bits per heavy atom. The number of hydrogen-bond donors (Lipinski definition) is 3. The third-order valence-corrected chi connectivity index (χ3v) is 8.03. The minimum Gasteiger partial charge on any atom is -0.393 e. The molecule has 3 N–H and O–H groups in total. The van der Waals surface area contributed by atoms with Gasteiger partial charge in [0.2, 0.25) is 11.8 Å². The molecule has 31 heavy (non-hydrogen) atoms. The van der Waals surface area contributed by atoms with Gasteiger partial charge in [0.15, 0.2) is 0 Å². The second-order valence-electron chi connectivity index (χ2n) is 10.2. The smallest absolute Gasteiger partial charge is 0.227 e. The van der Waals surface area contributed by atoms with Gasteiger partial charge in [-0.1, -0.05) is 37.6 Å². The summed E-state index contributed by atoms with van der Waals surface area (Å²) >= 11 is 6.01. The first-order valence-electron chi connectivity index (χ1n) is 11.4. The van der Waals surface area contributed by atoms with Gasteiger partial charge in [-0.25, -0.2) is 0 Å². The molecule has 0 aromatic heterocycles. The predicted molar refractivity (Wildman–Crippen MR) is 118 cm³/mol. The molecule has 2 aliphatic carbocycles. The van der Waals surface area contributed by atoms with E-state index in [1.54, 1.807) is 12.1 Å². The van der Waals surface area contributed by atoms with E-state index < -0.39 is 11.0 Å². The van der Waals surface area contributed by atoms with Crippen LogP contribution in [-0.4, -0.2) is 52.2 Å². The topological polar surface area (TPSA) is 89.9 Å². The molecule has 4 rings (SSSR count). The summed E-state index contributed by atoms with van der Waals surface area (Å²) in [7, 11) is 0. The number of aliphatic hydroxyl groups is 2. The highest BCUT2D eigenvalue weighted by atomic mass is 35.5. The van der Waals surface area contributed by atoms with Crippen molar-refractivity contribution in [2.24, 2.45) is 17.3 Å². The fourth-order valence-corrected chi connectivity index (χ4v) is 5.60. The molecular weight excluding hydrogens is 416 g/mol. The molecule has 1 aromatic rings. The highest BCUT2D eigenvalue weighted by molar-refractivity contribution is 6.30. The molecule has 1 aliphatic heterocycles. The quantitative estimate of drug-likeness (QED) is 0.660. The van der Waals surface area contributed by atoms with Crippen LogP contribution in [0, 0.1) is 17.3 Å². The van der Waals surface area contributed by atoms with Gasteiger partial charge in [0.25, 0.3) is 0 Å². The summed E-state index contributed by atoms with van der Waals surface area (Å²) in [4.78, 5) is 27.6. The van der Waals surface area contributed by atoms with Crippen LogP contribution in [0.4, 0.5) is 0 Å². The summed E-state index contributed by atoms with van der Waals surface area (Å²) in [6.07, 6.45) is 3.55.